The van der Waals surface area contributed by atoms with E-state index in [1.165, 1.54) is 21.7 Å². The minimum atomic E-state index is -1.03. The van der Waals surface area contributed by atoms with Gasteiger partial charge in [-0.15, -0.1) is 5.10 Å². The zero-order valence-corrected chi connectivity index (χ0v) is 23.6. The molecule has 0 aliphatic heterocycles. The van der Waals surface area contributed by atoms with Crippen molar-refractivity contribution in [3.05, 3.63) is 114 Å². The number of hydrogen-bond donors (Lipinski definition) is 1. The highest BCUT2D eigenvalue weighted by atomic mass is 19.1. The van der Waals surface area contributed by atoms with Crippen LogP contribution in [0.4, 0.5) is 15.8 Å². The average molecular weight is 567 g/mol. The Morgan fingerprint density at radius 3 is 2.29 bits per heavy atom. The van der Waals surface area contributed by atoms with Gasteiger partial charge in [-0.05, 0) is 71.8 Å². The summed E-state index contributed by atoms with van der Waals surface area (Å²) in [5.74, 6) is -0.551. The number of ether oxygens (including phenoxy) is 1. The van der Waals surface area contributed by atoms with Gasteiger partial charge in [0.2, 0.25) is 5.91 Å². The van der Waals surface area contributed by atoms with Crippen LogP contribution in [-0.2, 0) is 22.7 Å². The first kappa shape index (κ1) is 28.3. The predicted octanol–water partition coefficient (Wildman–Crippen LogP) is 5.05. The molecule has 4 aromatic carbocycles. The number of carbonyl (C=O) groups excluding carboxylic acids is 2. The SMILES string of the molecule is COc1ccc(C(C(=O)Nc2ccc(N(C)C)cc2)N(Cc2ccc(F)cc2)C(=O)Cn2nnc3ccccc32)cc1. The molecule has 9 nitrogen and oxygen atoms in total. The lowest BCUT2D eigenvalue weighted by atomic mass is 10.0. The third-order valence-corrected chi connectivity index (χ3v) is 6.93. The van der Waals surface area contributed by atoms with Crippen LogP contribution in [0, 0.1) is 5.82 Å². The van der Waals surface area contributed by atoms with E-state index in [1.54, 1.807) is 43.5 Å². The molecule has 1 atom stereocenters. The van der Waals surface area contributed by atoms with Gasteiger partial charge >= 0.3 is 0 Å². The third-order valence-electron chi connectivity index (χ3n) is 6.93. The topological polar surface area (TPSA) is 92.6 Å². The minimum absolute atomic E-state index is 0.0510. The molecule has 1 heterocycles. The number of methoxy groups -OCH3 is 1. The van der Waals surface area contributed by atoms with Crippen molar-refractivity contribution in [2.75, 3.05) is 31.4 Å². The zero-order chi connectivity index (χ0) is 29.6. The van der Waals surface area contributed by atoms with E-state index in [-0.39, 0.29) is 19.0 Å². The van der Waals surface area contributed by atoms with E-state index in [2.05, 4.69) is 15.6 Å². The summed E-state index contributed by atoms with van der Waals surface area (Å²) in [5.41, 5.74) is 4.15. The number of anilines is 2. The Hall–Kier alpha value is -5.25. The van der Waals surface area contributed by atoms with Crippen molar-refractivity contribution in [2.24, 2.45) is 0 Å². The molecule has 42 heavy (non-hydrogen) atoms. The molecule has 1 aromatic heterocycles. The van der Waals surface area contributed by atoms with E-state index >= 15 is 0 Å². The van der Waals surface area contributed by atoms with Gasteiger partial charge in [0.25, 0.3) is 5.91 Å². The van der Waals surface area contributed by atoms with Crippen molar-refractivity contribution in [1.82, 2.24) is 19.9 Å². The van der Waals surface area contributed by atoms with Crippen molar-refractivity contribution in [2.45, 2.75) is 19.1 Å². The fourth-order valence-corrected chi connectivity index (χ4v) is 4.68. The molecular formula is C32H31FN6O3. The molecule has 0 bridgehead atoms. The molecule has 214 valence electrons. The van der Waals surface area contributed by atoms with Crippen LogP contribution < -0.4 is 15.0 Å². The number of fused-ring (bicyclic) bond motifs is 1. The molecule has 0 fully saturated rings. The first-order chi connectivity index (χ1) is 20.3. The second-order valence-corrected chi connectivity index (χ2v) is 9.99. The van der Waals surface area contributed by atoms with E-state index in [0.717, 1.165) is 5.69 Å². The molecule has 2 amide bonds. The van der Waals surface area contributed by atoms with Crippen molar-refractivity contribution in [3.63, 3.8) is 0 Å². The Kier molecular flexibility index (Phi) is 8.42. The highest BCUT2D eigenvalue weighted by molar-refractivity contribution is 5.98. The van der Waals surface area contributed by atoms with Crippen LogP contribution in [0.5, 0.6) is 5.75 Å². The monoisotopic (exact) mass is 566 g/mol. The summed E-state index contributed by atoms with van der Waals surface area (Å²) in [6, 6.07) is 26.6. The molecule has 5 aromatic rings. The van der Waals surface area contributed by atoms with E-state index in [4.69, 9.17) is 4.74 Å². The number of benzene rings is 4. The van der Waals surface area contributed by atoms with Crippen LogP contribution in [0.3, 0.4) is 0 Å². The fraction of sp³-hybridized carbons (Fsp3) is 0.188. The fourth-order valence-electron chi connectivity index (χ4n) is 4.68. The molecule has 0 aliphatic rings. The van der Waals surface area contributed by atoms with Gasteiger partial charge in [0.15, 0.2) is 0 Å². The van der Waals surface area contributed by atoms with Crippen LogP contribution in [0.2, 0.25) is 0 Å². The zero-order valence-electron chi connectivity index (χ0n) is 23.6. The molecule has 0 radical (unpaired) electrons. The van der Waals surface area contributed by atoms with E-state index in [9.17, 15) is 14.0 Å². The van der Waals surface area contributed by atoms with Crippen LogP contribution >= 0.6 is 0 Å². The molecule has 1 unspecified atom stereocenters. The van der Waals surface area contributed by atoms with E-state index in [1.807, 2.05) is 67.5 Å². The quantitative estimate of drug-likeness (QED) is 0.254. The van der Waals surface area contributed by atoms with Gasteiger partial charge in [0.1, 0.15) is 29.7 Å². The molecule has 0 saturated heterocycles. The Bertz CT molecular complexity index is 1670. The number of nitrogens with one attached hydrogen (secondary N) is 1. The van der Waals surface area contributed by atoms with Crippen molar-refractivity contribution in [1.29, 1.82) is 0 Å². The summed E-state index contributed by atoms with van der Waals surface area (Å²) in [5, 5.41) is 11.3. The molecule has 5 rings (SSSR count). The second kappa shape index (κ2) is 12.5. The van der Waals surface area contributed by atoms with E-state index in [0.29, 0.717) is 33.6 Å². The maximum absolute atomic E-state index is 14.1. The Balaban J connectivity index is 1.54. The number of para-hydroxylation sites is 1. The van der Waals surface area contributed by atoms with Crippen LogP contribution in [0.1, 0.15) is 17.2 Å². The lowest BCUT2D eigenvalue weighted by molar-refractivity contribution is -0.140. The molecule has 1 N–H and O–H groups in total. The van der Waals surface area contributed by atoms with Crippen molar-refractivity contribution in [3.8, 4) is 5.75 Å². The Morgan fingerprint density at radius 2 is 1.62 bits per heavy atom. The van der Waals surface area contributed by atoms with Gasteiger partial charge in [-0.1, -0.05) is 41.6 Å². The van der Waals surface area contributed by atoms with Gasteiger partial charge in [0, 0.05) is 32.0 Å². The summed E-state index contributed by atoms with van der Waals surface area (Å²) in [6.07, 6.45) is 0. The molecule has 10 heteroatoms. The molecule has 0 saturated carbocycles. The lowest BCUT2D eigenvalue weighted by Gasteiger charge is -2.32. The van der Waals surface area contributed by atoms with Gasteiger partial charge in [-0.3, -0.25) is 9.59 Å². The molecular weight excluding hydrogens is 535 g/mol. The van der Waals surface area contributed by atoms with Gasteiger partial charge < -0.3 is 19.9 Å². The number of nitrogens with zero attached hydrogens (tertiary/aromatic N) is 5. The number of aromatic nitrogens is 3. The summed E-state index contributed by atoms with van der Waals surface area (Å²) in [6.45, 7) is -0.103. The number of hydrogen-bond acceptors (Lipinski definition) is 6. The van der Waals surface area contributed by atoms with Crippen LogP contribution in [-0.4, -0.2) is 52.9 Å². The highest BCUT2D eigenvalue weighted by Gasteiger charge is 2.32. The summed E-state index contributed by atoms with van der Waals surface area (Å²) >= 11 is 0. The van der Waals surface area contributed by atoms with Gasteiger partial charge in [-0.2, -0.15) is 0 Å². The second-order valence-electron chi connectivity index (χ2n) is 9.99. The number of halogens is 1. The average Bonchev–Trinajstić information content (AvgIpc) is 3.41. The van der Waals surface area contributed by atoms with E-state index < -0.39 is 17.8 Å². The minimum Gasteiger partial charge on any atom is -0.497 e. The maximum Gasteiger partial charge on any atom is 0.251 e. The maximum atomic E-state index is 14.1. The summed E-state index contributed by atoms with van der Waals surface area (Å²) in [4.78, 5) is 31.6. The normalized spacial score (nSPS) is 11.6. The largest absolute Gasteiger partial charge is 0.497 e. The first-order valence-electron chi connectivity index (χ1n) is 13.4. The van der Waals surface area contributed by atoms with Gasteiger partial charge in [0.05, 0.1) is 12.6 Å². The predicted molar refractivity (Wildman–Crippen MR) is 160 cm³/mol. The van der Waals surface area contributed by atoms with Crippen molar-refractivity contribution >= 4 is 34.2 Å². The number of amides is 2. The van der Waals surface area contributed by atoms with Gasteiger partial charge in [-0.25, -0.2) is 9.07 Å². The molecule has 0 spiro atoms. The third kappa shape index (κ3) is 6.38. The lowest BCUT2D eigenvalue weighted by Crippen LogP contribution is -2.42. The Labute approximate surface area is 243 Å². The van der Waals surface area contributed by atoms with Crippen LogP contribution in [0.15, 0.2) is 97.1 Å². The smallest absolute Gasteiger partial charge is 0.251 e. The van der Waals surface area contributed by atoms with Crippen molar-refractivity contribution < 1.29 is 18.7 Å². The number of rotatable bonds is 10. The highest BCUT2D eigenvalue weighted by Crippen LogP contribution is 2.28. The number of carbonyl (C=O) groups is 2. The Morgan fingerprint density at radius 1 is 0.929 bits per heavy atom. The summed E-state index contributed by atoms with van der Waals surface area (Å²) < 4.78 is 20.6. The molecule has 0 aliphatic carbocycles. The summed E-state index contributed by atoms with van der Waals surface area (Å²) in [7, 11) is 5.43. The van der Waals surface area contributed by atoms with Crippen LogP contribution in [0.25, 0.3) is 11.0 Å². The first-order valence-corrected chi connectivity index (χ1v) is 13.4. The standard InChI is InChI=1S/C32H31FN6O3/c1-37(2)26-16-14-25(15-17-26)34-32(41)31(23-10-18-27(42-3)19-11-23)38(20-22-8-12-24(33)13-9-22)30(40)21-39-29-7-5-4-6-28(29)35-36-39/h4-19,31H,20-21H2,1-3H3,(H,34,41).